The van der Waals surface area contributed by atoms with Gasteiger partial charge in [-0.3, -0.25) is 0 Å². The van der Waals surface area contributed by atoms with Gasteiger partial charge in [-0.2, -0.15) is 4.39 Å². The topological polar surface area (TPSA) is 12.9 Å². The first-order chi connectivity index (χ1) is 6.06. The normalized spacial score (nSPS) is 10.9. The standard InChI is InChI=1S/C7H4ClF3IN/c8-2-3-1-4(9)13-7(12)5(3)6(10)11/h1,6H,2H2. The minimum atomic E-state index is -2.67. The summed E-state index contributed by atoms with van der Waals surface area (Å²) in [4.78, 5) is 3.28. The van der Waals surface area contributed by atoms with E-state index in [1.807, 2.05) is 0 Å². The smallest absolute Gasteiger partial charge is 0.213 e. The molecule has 0 saturated heterocycles. The number of aromatic nitrogens is 1. The molecule has 0 fully saturated rings. The molecular weight excluding hydrogens is 317 g/mol. The Kier molecular flexibility index (Phi) is 3.78. The van der Waals surface area contributed by atoms with Crippen molar-refractivity contribution in [1.29, 1.82) is 0 Å². The molecule has 72 valence electrons. The Bertz CT molecular complexity index is 319. The van der Waals surface area contributed by atoms with Crippen molar-refractivity contribution < 1.29 is 13.2 Å². The van der Waals surface area contributed by atoms with Gasteiger partial charge in [-0.25, -0.2) is 13.8 Å². The van der Waals surface area contributed by atoms with Gasteiger partial charge in [-0.1, -0.05) is 0 Å². The lowest BCUT2D eigenvalue weighted by atomic mass is 10.2. The Hall–Kier alpha value is -0.0400. The molecule has 13 heavy (non-hydrogen) atoms. The van der Waals surface area contributed by atoms with Gasteiger partial charge >= 0.3 is 0 Å². The van der Waals surface area contributed by atoms with Crippen LogP contribution in [0.4, 0.5) is 13.2 Å². The van der Waals surface area contributed by atoms with Crippen LogP contribution < -0.4 is 0 Å². The lowest BCUT2D eigenvalue weighted by Crippen LogP contribution is -2.01. The molecule has 0 bridgehead atoms. The maximum atomic E-state index is 12.6. The van der Waals surface area contributed by atoms with Crippen molar-refractivity contribution in [2.45, 2.75) is 12.3 Å². The Morgan fingerprint density at radius 2 is 2.15 bits per heavy atom. The first-order valence-corrected chi connectivity index (χ1v) is 4.86. The summed E-state index contributed by atoms with van der Waals surface area (Å²) in [5.74, 6) is -0.931. The highest BCUT2D eigenvalue weighted by molar-refractivity contribution is 14.1. The maximum absolute atomic E-state index is 12.6. The highest BCUT2D eigenvalue weighted by Gasteiger charge is 2.18. The zero-order valence-electron chi connectivity index (χ0n) is 6.20. The SMILES string of the molecule is Fc1cc(CCl)c(C(F)F)c(I)n1. The van der Waals surface area contributed by atoms with Crippen molar-refractivity contribution >= 4 is 34.2 Å². The molecule has 1 aromatic rings. The number of alkyl halides is 3. The molecule has 0 aliphatic heterocycles. The zero-order chi connectivity index (χ0) is 10.0. The summed E-state index contributed by atoms with van der Waals surface area (Å²) in [6.45, 7) is 0. The van der Waals surface area contributed by atoms with E-state index in [0.717, 1.165) is 6.07 Å². The molecule has 0 aromatic carbocycles. The van der Waals surface area contributed by atoms with Gasteiger partial charge in [-0.15, -0.1) is 11.6 Å². The van der Waals surface area contributed by atoms with Crippen molar-refractivity contribution in [3.8, 4) is 0 Å². The van der Waals surface area contributed by atoms with Crippen LogP contribution in [-0.2, 0) is 5.88 Å². The van der Waals surface area contributed by atoms with Crippen LogP contribution in [-0.4, -0.2) is 4.98 Å². The molecule has 1 nitrogen and oxygen atoms in total. The molecule has 0 N–H and O–H groups in total. The minimum Gasteiger partial charge on any atom is -0.213 e. The average molecular weight is 321 g/mol. The largest absolute Gasteiger partial charge is 0.266 e. The van der Waals surface area contributed by atoms with Crippen LogP contribution in [0, 0.1) is 9.65 Å². The summed E-state index contributed by atoms with van der Waals surface area (Å²) < 4.78 is 37.4. The van der Waals surface area contributed by atoms with Gasteiger partial charge in [0.1, 0.15) is 3.70 Å². The van der Waals surface area contributed by atoms with Crippen LogP contribution in [0.5, 0.6) is 0 Å². The van der Waals surface area contributed by atoms with Crippen LogP contribution >= 0.6 is 34.2 Å². The van der Waals surface area contributed by atoms with Gasteiger partial charge < -0.3 is 0 Å². The number of rotatable bonds is 2. The number of pyridine rings is 1. The highest BCUT2D eigenvalue weighted by Crippen LogP contribution is 2.28. The second kappa shape index (κ2) is 4.45. The quantitative estimate of drug-likeness (QED) is 0.461. The van der Waals surface area contributed by atoms with Crippen LogP contribution in [0.3, 0.4) is 0 Å². The van der Waals surface area contributed by atoms with E-state index in [1.54, 1.807) is 22.6 Å². The Morgan fingerprint density at radius 3 is 2.62 bits per heavy atom. The molecule has 0 atom stereocenters. The highest BCUT2D eigenvalue weighted by atomic mass is 127. The second-order valence-electron chi connectivity index (χ2n) is 2.24. The summed E-state index contributed by atoms with van der Waals surface area (Å²) >= 11 is 6.95. The van der Waals surface area contributed by atoms with Crippen LogP contribution in [0.2, 0.25) is 0 Å². The third-order valence-corrected chi connectivity index (χ3v) is 2.54. The first kappa shape index (κ1) is 11.0. The third-order valence-electron chi connectivity index (χ3n) is 1.43. The molecule has 0 unspecified atom stereocenters. The summed E-state index contributed by atoms with van der Waals surface area (Å²) in [7, 11) is 0. The lowest BCUT2D eigenvalue weighted by molar-refractivity contribution is 0.148. The maximum Gasteiger partial charge on any atom is 0.266 e. The minimum absolute atomic E-state index is 0.0387. The number of halogens is 5. The Morgan fingerprint density at radius 1 is 1.54 bits per heavy atom. The summed E-state index contributed by atoms with van der Waals surface area (Å²) in [5.41, 5.74) is -0.189. The van der Waals surface area contributed by atoms with Crippen molar-refractivity contribution in [2.24, 2.45) is 0 Å². The Labute approximate surface area is 91.4 Å². The summed E-state index contributed by atoms with van der Waals surface area (Å²) in [5, 5.41) is 0. The van der Waals surface area contributed by atoms with Crippen molar-refractivity contribution in [3.63, 3.8) is 0 Å². The number of hydrogen-bond donors (Lipinski definition) is 0. The lowest BCUT2D eigenvalue weighted by Gasteiger charge is -2.07. The molecule has 6 heteroatoms. The van der Waals surface area contributed by atoms with Crippen molar-refractivity contribution in [3.05, 3.63) is 26.8 Å². The molecule has 0 spiro atoms. The summed E-state index contributed by atoms with van der Waals surface area (Å²) in [6.07, 6.45) is -2.67. The fourth-order valence-corrected chi connectivity index (χ4v) is 1.91. The van der Waals surface area contributed by atoms with E-state index in [1.165, 1.54) is 0 Å². The molecule has 0 amide bonds. The van der Waals surface area contributed by atoms with E-state index in [4.69, 9.17) is 11.6 Å². The van der Waals surface area contributed by atoms with E-state index in [-0.39, 0.29) is 20.7 Å². The van der Waals surface area contributed by atoms with E-state index < -0.39 is 12.4 Å². The summed E-state index contributed by atoms with van der Waals surface area (Å²) in [6, 6.07) is 0.927. The molecule has 1 rings (SSSR count). The van der Waals surface area contributed by atoms with Gasteiger partial charge in [0.25, 0.3) is 6.43 Å². The molecule has 0 aliphatic rings. The predicted octanol–water partition coefficient (Wildman–Crippen LogP) is 3.50. The average Bonchev–Trinajstić information content (AvgIpc) is 2.01. The van der Waals surface area contributed by atoms with Crippen LogP contribution in [0.25, 0.3) is 0 Å². The molecular formula is C7H4ClF3IN. The van der Waals surface area contributed by atoms with E-state index in [0.29, 0.717) is 0 Å². The third kappa shape index (κ3) is 2.46. The number of hydrogen-bond acceptors (Lipinski definition) is 1. The fraction of sp³-hybridized carbons (Fsp3) is 0.286. The molecule has 0 aliphatic carbocycles. The fourth-order valence-electron chi connectivity index (χ4n) is 0.881. The van der Waals surface area contributed by atoms with E-state index in [9.17, 15) is 13.2 Å². The van der Waals surface area contributed by atoms with Gasteiger partial charge in [0.15, 0.2) is 0 Å². The van der Waals surface area contributed by atoms with Crippen LogP contribution in [0.15, 0.2) is 6.07 Å². The monoisotopic (exact) mass is 321 g/mol. The Balaban J connectivity index is 3.30. The first-order valence-electron chi connectivity index (χ1n) is 3.25. The van der Waals surface area contributed by atoms with Crippen molar-refractivity contribution in [1.82, 2.24) is 4.98 Å². The zero-order valence-corrected chi connectivity index (χ0v) is 9.11. The van der Waals surface area contributed by atoms with E-state index >= 15 is 0 Å². The van der Waals surface area contributed by atoms with E-state index in [2.05, 4.69) is 4.98 Å². The van der Waals surface area contributed by atoms with Gasteiger partial charge in [0, 0.05) is 5.88 Å². The van der Waals surface area contributed by atoms with Gasteiger partial charge in [0.05, 0.1) is 5.56 Å². The van der Waals surface area contributed by atoms with Gasteiger partial charge in [0.2, 0.25) is 5.95 Å². The van der Waals surface area contributed by atoms with Crippen LogP contribution in [0.1, 0.15) is 17.6 Å². The predicted molar refractivity (Wildman–Crippen MR) is 51.4 cm³/mol. The molecule has 1 heterocycles. The number of nitrogens with zero attached hydrogens (tertiary/aromatic N) is 1. The molecule has 0 radical (unpaired) electrons. The van der Waals surface area contributed by atoms with Gasteiger partial charge in [-0.05, 0) is 34.2 Å². The molecule has 0 saturated carbocycles. The second-order valence-corrected chi connectivity index (χ2v) is 3.53. The molecule has 1 aromatic heterocycles. The van der Waals surface area contributed by atoms with Crippen molar-refractivity contribution in [2.75, 3.05) is 0 Å².